The molecule has 1 aliphatic heterocycles. The van der Waals surface area contributed by atoms with Crippen LogP contribution in [-0.4, -0.2) is 30.3 Å². The highest BCUT2D eigenvalue weighted by molar-refractivity contribution is 7.89. The maximum absolute atomic E-state index is 12.6. The molecule has 0 aromatic carbocycles. The highest BCUT2D eigenvalue weighted by atomic mass is 35.5. The van der Waals surface area contributed by atoms with Crippen LogP contribution in [0.1, 0.15) is 32.6 Å². The molecule has 1 aliphatic rings. The summed E-state index contributed by atoms with van der Waals surface area (Å²) in [7, 11) is -3.53. The van der Waals surface area contributed by atoms with Crippen LogP contribution in [0.15, 0.2) is 23.2 Å². The van der Waals surface area contributed by atoms with Crippen molar-refractivity contribution in [1.29, 1.82) is 0 Å². The lowest BCUT2D eigenvalue weighted by atomic mass is 10.1. The predicted molar refractivity (Wildman–Crippen MR) is 71.1 cm³/mol. The molecule has 0 aliphatic carbocycles. The van der Waals surface area contributed by atoms with Crippen LogP contribution in [0, 0.1) is 0 Å². The summed E-state index contributed by atoms with van der Waals surface area (Å²) >= 11 is 5.90. The summed E-state index contributed by atoms with van der Waals surface area (Å²) in [6.45, 7) is 2.52. The molecular formula is C12H17ClN2O2S. The Kier molecular flexibility index (Phi) is 4.25. The molecule has 4 nitrogen and oxygen atoms in total. The van der Waals surface area contributed by atoms with E-state index in [2.05, 4.69) is 4.98 Å². The molecule has 1 aromatic rings. The molecule has 1 atom stereocenters. The number of hydrogen-bond donors (Lipinski definition) is 0. The maximum Gasteiger partial charge on any atom is 0.246 e. The van der Waals surface area contributed by atoms with Gasteiger partial charge in [0.15, 0.2) is 0 Å². The summed E-state index contributed by atoms with van der Waals surface area (Å²) in [4.78, 5) is 3.96. The number of hydrogen-bond acceptors (Lipinski definition) is 3. The van der Waals surface area contributed by atoms with Crippen molar-refractivity contribution in [3.05, 3.63) is 23.5 Å². The summed E-state index contributed by atoms with van der Waals surface area (Å²) < 4.78 is 26.7. The zero-order chi connectivity index (χ0) is 13.2. The van der Waals surface area contributed by atoms with Gasteiger partial charge in [0.1, 0.15) is 10.0 Å². The van der Waals surface area contributed by atoms with E-state index in [0.717, 1.165) is 25.7 Å². The minimum atomic E-state index is -3.53. The van der Waals surface area contributed by atoms with Crippen molar-refractivity contribution in [2.24, 2.45) is 0 Å². The van der Waals surface area contributed by atoms with Gasteiger partial charge in [-0.3, -0.25) is 0 Å². The molecule has 100 valence electrons. The van der Waals surface area contributed by atoms with Gasteiger partial charge in [-0.1, -0.05) is 24.4 Å². The molecule has 18 heavy (non-hydrogen) atoms. The van der Waals surface area contributed by atoms with E-state index in [4.69, 9.17) is 11.6 Å². The fourth-order valence-electron chi connectivity index (χ4n) is 2.30. The van der Waals surface area contributed by atoms with Crippen LogP contribution in [0.5, 0.6) is 0 Å². The molecule has 1 saturated heterocycles. The van der Waals surface area contributed by atoms with Crippen LogP contribution in [0.3, 0.4) is 0 Å². The standard InChI is InChI=1S/C12H17ClN2O2S/c1-10-6-3-2-4-9-15(10)18(16,17)11-7-5-8-14-12(11)13/h5,7-8,10H,2-4,6,9H2,1H3. The lowest BCUT2D eigenvalue weighted by Crippen LogP contribution is -2.38. The second-order valence-electron chi connectivity index (χ2n) is 4.61. The Bertz CT molecular complexity index is 519. The quantitative estimate of drug-likeness (QED) is 0.786. The summed E-state index contributed by atoms with van der Waals surface area (Å²) in [6, 6.07) is 3.14. The topological polar surface area (TPSA) is 50.3 Å². The first-order chi connectivity index (χ1) is 8.53. The van der Waals surface area contributed by atoms with Crippen LogP contribution in [0.4, 0.5) is 0 Å². The van der Waals surface area contributed by atoms with Crippen LogP contribution in [-0.2, 0) is 10.0 Å². The van der Waals surface area contributed by atoms with Gasteiger partial charge in [-0.25, -0.2) is 13.4 Å². The highest BCUT2D eigenvalue weighted by Gasteiger charge is 2.31. The summed E-state index contributed by atoms with van der Waals surface area (Å²) in [5.74, 6) is 0. The summed E-state index contributed by atoms with van der Waals surface area (Å²) in [6.07, 6.45) is 5.46. The number of nitrogens with zero attached hydrogens (tertiary/aromatic N) is 2. The Labute approximate surface area is 113 Å². The van der Waals surface area contributed by atoms with Crippen molar-refractivity contribution in [3.63, 3.8) is 0 Å². The first kappa shape index (κ1) is 13.8. The molecule has 2 rings (SSSR count). The van der Waals surface area contributed by atoms with Gasteiger partial charge in [0.2, 0.25) is 10.0 Å². The zero-order valence-electron chi connectivity index (χ0n) is 10.3. The zero-order valence-corrected chi connectivity index (χ0v) is 11.9. The second kappa shape index (κ2) is 5.55. The van der Waals surface area contributed by atoms with E-state index < -0.39 is 10.0 Å². The van der Waals surface area contributed by atoms with E-state index in [-0.39, 0.29) is 16.1 Å². The monoisotopic (exact) mass is 288 g/mol. The van der Waals surface area contributed by atoms with Crippen molar-refractivity contribution in [2.45, 2.75) is 43.5 Å². The van der Waals surface area contributed by atoms with E-state index in [9.17, 15) is 8.42 Å². The van der Waals surface area contributed by atoms with E-state index in [1.54, 1.807) is 10.4 Å². The maximum atomic E-state index is 12.6. The van der Waals surface area contributed by atoms with Crippen LogP contribution < -0.4 is 0 Å². The molecule has 1 fully saturated rings. The van der Waals surface area contributed by atoms with Crippen molar-refractivity contribution >= 4 is 21.6 Å². The first-order valence-corrected chi connectivity index (χ1v) is 7.97. The molecule has 0 amide bonds. The number of aromatic nitrogens is 1. The smallest absolute Gasteiger partial charge is 0.243 e. The van der Waals surface area contributed by atoms with Gasteiger partial charge in [-0.2, -0.15) is 4.31 Å². The Hall–Kier alpha value is -0.650. The van der Waals surface area contributed by atoms with E-state index >= 15 is 0 Å². The third kappa shape index (κ3) is 2.68. The minimum Gasteiger partial charge on any atom is -0.243 e. The van der Waals surface area contributed by atoms with Crippen molar-refractivity contribution in [1.82, 2.24) is 9.29 Å². The molecule has 0 spiro atoms. The number of halogens is 1. The minimum absolute atomic E-state index is 0.0220. The fraction of sp³-hybridized carbons (Fsp3) is 0.583. The lowest BCUT2D eigenvalue weighted by molar-refractivity contribution is 0.342. The van der Waals surface area contributed by atoms with Crippen molar-refractivity contribution in [2.75, 3.05) is 6.54 Å². The number of rotatable bonds is 2. The normalized spacial score (nSPS) is 22.7. The van der Waals surface area contributed by atoms with Gasteiger partial charge in [0.05, 0.1) is 0 Å². The van der Waals surface area contributed by atoms with E-state index in [0.29, 0.717) is 6.54 Å². The van der Waals surface area contributed by atoms with Crippen molar-refractivity contribution in [3.8, 4) is 0 Å². The molecule has 6 heteroatoms. The Balaban J connectivity index is 2.38. The Morgan fingerprint density at radius 3 is 2.89 bits per heavy atom. The van der Waals surface area contributed by atoms with Gasteiger partial charge in [-0.05, 0) is 31.9 Å². The van der Waals surface area contributed by atoms with Gasteiger partial charge in [0.25, 0.3) is 0 Å². The third-order valence-electron chi connectivity index (χ3n) is 3.30. The van der Waals surface area contributed by atoms with Crippen LogP contribution >= 0.6 is 11.6 Å². The van der Waals surface area contributed by atoms with E-state index in [1.165, 1.54) is 12.3 Å². The van der Waals surface area contributed by atoms with Gasteiger partial charge in [-0.15, -0.1) is 0 Å². The average Bonchev–Trinajstić information content (AvgIpc) is 2.54. The average molecular weight is 289 g/mol. The van der Waals surface area contributed by atoms with Crippen molar-refractivity contribution < 1.29 is 8.42 Å². The molecular weight excluding hydrogens is 272 g/mol. The predicted octanol–water partition coefficient (Wildman–Crippen LogP) is 2.69. The van der Waals surface area contributed by atoms with Gasteiger partial charge in [0, 0.05) is 18.8 Å². The summed E-state index contributed by atoms with van der Waals surface area (Å²) in [5.41, 5.74) is 0. The fourth-order valence-corrected chi connectivity index (χ4v) is 4.42. The molecule has 1 aromatic heterocycles. The van der Waals surface area contributed by atoms with Gasteiger partial charge >= 0.3 is 0 Å². The molecule has 0 bridgehead atoms. The molecule has 0 N–H and O–H groups in total. The van der Waals surface area contributed by atoms with Crippen LogP contribution in [0.25, 0.3) is 0 Å². The lowest BCUT2D eigenvalue weighted by Gasteiger charge is -2.26. The number of pyridine rings is 1. The molecule has 1 unspecified atom stereocenters. The molecule has 0 saturated carbocycles. The largest absolute Gasteiger partial charge is 0.246 e. The third-order valence-corrected chi connectivity index (χ3v) is 5.76. The van der Waals surface area contributed by atoms with Gasteiger partial charge < -0.3 is 0 Å². The van der Waals surface area contributed by atoms with Crippen LogP contribution in [0.2, 0.25) is 5.15 Å². The summed E-state index contributed by atoms with van der Waals surface area (Å²) in [5, 5.41) is 0.0500. The first-order valence-electron chi connectivity index (χ1n) is 6.16. The molecule has 0 radical (unpaired) electrons. The Morgan fingerprint density at radius 1 is 1.39 bits per heavy atom. The molecule has 2 heterocycles. The van der Waals surface area contributed by atoms with E-state index in [1.807, 2.05) is 6.92 Å². The highest BCUT2D eigenvalue weighted by Crippen LogP contribution is 2.27. The Morgan fingerprint density at radius 2 is 2.17 bits per heavy atom. The second-order valence-corrected chi connectivity index (χ2v) is 6.82. The SMILES string of the molecule is CC1CCCCCN1S(=O)(=O)c1cccnc1Cl. The number of sulfonamides is 1.